The fourth-order valence-corrected chi connectivity index (χ4v) is 3.61. The van der Waals surface area contributed by atoms with Crippen LogP contribution in [-0.4, -0.2) is 27.7 Å². The highest BCUT2D eigenvalue weighted by Crippen LogP contribution is 2.22. The summed E-state index contributed by atoms with van der Waals surface area (Å²) in [6.45, 7) is 2.40. The Kier molecular flexibility index (Phi) is 4.07. The minimum Gasteiger partial charge on any atom is -0.399 e. The van der Waals surface area contributed by atoms with Gasteiger partial charge in [0.2, 0.25) is 10.0 Å². The maximum absolute atomic E-state index is 13.6. The molecule has 0 radical (unpaired) electrons. The van der Waals surface area contributed by atoms with Crippen LogP contribution in [0.4, 0.5) is 10.1 Å². The minimum atomic E-state index is -3.79. The van der Waals surface area contributed by atoms with Gasteiger partial charge >= 0.3 is 0 Å². The van der Waals surface area contributed by atoms with Crippen molar-refractivity contribution in [1.82, 2.24) is 4.72 Å². The first kappa shape index (κ1) is 14.2. The average Bonchev–Trinajstić information content (AvgIpc) is 2.34. The molecule has 1 atom stereocenters. The number of nitrogens with one attached hydrogen (secondary N) is 1. The molecule has 1 heterocycles. The molecule has 0 bridgehead atoms. The summed E-state index contributed by atoms with van der Waals surface area (Å²) in [7, 11) is -3.79. The van der Waals surface area contributed by atoms with Crippen molar-refractivity contribution in [1.29, 1.82) is 0 Å². The van der Waals surface area contributed by atoms with E-state index >= 15 is 0 Å². The summed E-state index contributed by atoms with van der Waals surface area (Å²) in [6.07, 6.45) is 1.51. The molecule has 5 nitrogen and oxygen atoms in total. The minimum absolute atomic E-state index is 0.0680. The zero-order chi connectivity index (χ0) is 14.0. The van der Waals surface area contributed by atoms with Gasteiger partial charge in [0, 0.05) is 23.9 Å². The first-order valence-corrected chi connectivity index (χ1v) is 7.54. The molecule has 1 aliphatic heterocycles. The van der Waals surface area contributed by atoms with Gasteiger partial charge in [-0.25, -0.2) is 17.5 Å². The molecule has 1 unspecified atom stereocenters. The maximum atomic E-state index is 13.6. The van der Waals surface area contributed by atoms with Crippen LogP contribution in [0, 0.1) is 12.7 Å². The Hall–Kier alpha value is -1.18. The Labute approximate surface area is 112 Å². The zero-order valence-electron chi connectivity index (χ0n) is 10.6. The summed E-state index contributed by atoms with van der Waals surface area (Å²) in [4.78, 5) is -0.115. The van der Waals surface area contributed by atoms with Crippen molar-refractivity contribution in [2.75, 3.05) is 18.9 Å². The number of hydrogen-bond acceptors (Lipinski definition) is 4. The van der Waals surface area contributed by atoms with E-state index < -0.39 is 15.8 Å². The van der Waals surface area contributed by atoms with E-state index in [0.717, 1.165) is 12.5 Å². The van der Waals surface area contributed by atoms with E-state index in [9.17, 15) is 12.8 Å². The van der Waals surface area contributed by atoms with Gasteiger partial charge in [-0.15, -0.1) is 0 Å². The quantitative estimate of drug-likeness (QED) is 0.818. The zero-order valence-corrected chi connectivity index (χ0v) is 11.5. The van der Waals surface area contributed by atoms with Gasteiger partial charge < -0.3 is 10.5 Å². The summed E-state index contributed by atoms with van der Waals surface area (Å²) in [5, 5.41) is 0. The lowest BCUT2D eigenvalue weighted by Gasteiger charge is -2.23. The Morgan fingerprint density at radius 3 is 2.84 bits per heavy atom. The summed E-state index contributed by atoms with van der Waals surface area (Å²) >= 11 is 0. The third-order valence-electron chi connectivity index (χ3n) is 3.09. The lowest BCUT2D eigenvalue weighted by molar-refractivity contribution is 0.0774. The molecule has 1 fully saturated rings. The molecule has 106 valence electrons. The molecule has 7 heteroatoms. The number of nitrogens with two attached hydrogens (primary N) is 1. The first-order valence-electron chi connectivity index (χ1n) is 6.06. The highest BCUT2D eigenvalue weighted by molar-refractivity contribution is 7.89. The monoisotopic (exact) mass is 288 g/mol. The predicted molar refractivity (Wildman–Crippen MR) is 69.7 cm³/mol. The Bertz CT molecular complexity index is 569. The van der Waals surface area contributed by atoms with Gasteiger partial charge in [0.25, 0.3) is 0 Å². The van der Waals surface area contributed by atoms with Crippen LogP contribution in [0.3, 0.4) is 0 Å². The third-order valence-corrected chi connectivity index (χ3v) is 4.74. The lowest BCUT2D eigenvalue weighted by atomic mass is 10.1. The highest BCUT2D eigenvalue weighted by Gasteiger charge is 2.25. The Balaban J connectivity index is 2.28. The second-order valence-corrected chi connectivity index (χ2v) is 6.34. The first-order chi connectivity index (χ1) is 8.90. The van der Waals surface area contributed by atoms with Crippen LogP contribution < -0.4 is 10.5 Å². The van der Waals surface area contributed by atoms with E-state index in [1.54, 1.807) is 0 Å². The number of rotatable bonds is 3. The molecule has 1 saturated heterocycles. The number of nitrogen functional groups attached to an aromatic ring is 1. The van der Waals surface area contributed by atoms with Gasteiger partial charge in [-0.05, 0) is 31.9 Å². The number of ether oxygens (including phenoxy) is 1. The van der Waals surface area contributed by atoms with Crippen molar-refractivity contribution in [3.8, 4) is 0 Å². The molecule has 1 aliphatic rings. The Morgan fingerprint density at radius 2 is 2.21 bits per heavy atom. The molecule has 19 heavy (non-hydrogen) atoms. The van der Waals surface area contributed by atoms with Crippen LogP contribution in [0.5, 0.6) is 0 Å². The number of halogens is 1. The largest absolute Gasteiger partial charge is 0.399 e. The van der Waals surface area contributed by atoms with Gasteiger partial charge in [-0.2, -0.15) is 0 Å². The number of hydrogen-bond donors (Lipinski definition) is 2. The Morgan fingerprint density at radius 1 is 1.47 bits per heavy atom. The van der Waals surface area contributed by atoms with Gasteiger partial charge in [-0.1, -0.05) is 0 Å². The lowest BCUT2D eigenvalue weighted by Crippen LogP contribution is -2.40. The van der Waals surface area contributed by atoms with E-state index in [4.69, 9.17) is 10.5 Å². The second kappa shape index (κ2) is 5.44. The predicted octanol–water partition coefficient (Wildman–Crippen LogP) is 1.17. The topological polar surface area (TPSA) is 81.4 Å². The van der Waals surface area contributed by atoms with Crippen molar-refractivity contribution < 1.29 is 17.5 Å². The molecule has 0 aliphatic carbocycles. The molecule has 3 N–H and O–H groups in total. The van der Waals surface area contributed by atoms with Gasteiger partial charge in [-0.3, -0.25) is 0 Å². The summed E-state index contributed by atoms with van der Waals surface area (Å²) in [5.74, 6) is -0.625. The second-order valence-electron chi connectivity index (χ2n) is 4.66. The van der Waals surface area contributed by atoms with Gasteiger partial charge in [0.15, 0.2) is 0 Å². The summed E-state index contributed by atoms with van der Waals surface area (Å²) < 4.78 is 45.8. The van der Waals surface area contributed by atoms with Crippen molar-refractivity contribution in [2.45, 2.75) is 30.7 Å². The molecule has 0 aromatic heterocycles. The summed E-state index contributed by atoms with van der Waals surface area (Å²) in [6, 6.07) is 2.10. The van der Waals surface area contributed by atoms with Crippen LogP contribution in [0.15, 0.2) is 17.0 Å². The van der Waals surface area contributed by atoms with Crippen LogP contribution in [0.25, 0.3) is 0 Å². The van der Waals surface area contributed by atoms with E-state index in [-0.39, 0.29) is 22.2 Å². The average molecular weight is 288 g/mol. The molecule has 0 saturated carbocycles. The number of sulfonamides is 1. The van der Waals surface area contributed by atoms with Crippen molar-refractivity contribution >= 4 is 15.7 Å². The standard InChI is InChI=1S/C12H17FN2O3S/c1-8-11(13)5-9(14)6-12(8)19(16,17)15-10-3-2-4-18-7-10/h5-6,10,15H,2-4,7,14H2,1H3. The molecule has 1 aromatic carbocycles. The van der Waals surface area contributed by atoms with Crippen molar-refractivity contribution in [2.24, 2.45) is 0 Å². The van der Waals surface area contributed by atoms with Crippen LogP contribution in [-0.2, 0) is 14.8 Å². The molecule has 0 spiro atoms. The van der Waals surface area contributed by atoms with Crippen LogP contribution in [0.2, 0.25) is 0 Å². The molecule has 1 aromatic rings. The molecular weight excluding hydrogens is 271 g/mol. The highest BCUT2D eigenvalue weighted by atomic mass is 32.2. The van der Waals surface area contributed by atoms with Gasteiger partial charge in [0.1, 0.15) is 5.82 Å². The van der Waals surface area contributed by atoms with Crippen LogP contribution >= 0.6 is 0 Å². The molecule has 2 rings (SSSR count). The van der Waals surface area contributed by atoms with Crippen LogP contribution in [0.1, 0.15) is 18.4 Å². The maximum Gasteiger partial charge on any atom is 0.241 e. The number of benzene rings is 1. The van der Waals surface area contributed by atoms with Crippen molar-refractivity contribution in [3.05, 3.63) is 23.5 Å². The molecule has 0 amide bonds. The smallest absolute Gasteiger partial charge is 0.241 e. The fourth-order valence-electron chi connectivity index (χ4n) is 2.07. The fraction of sp³-hybridized carbons (Fsp3) is 0.500. The van der Waals surface area contributed by atoms with E-state index in [2.05, 4.69) is 4.72 Å². The van der Waals surface area contributed by atoms with Gasteiger partial charge in [0.05, 0.1) is 11.5 Å². The summed E-state index contributed by atoms with van der Waals surface area (Å²) in [5.41, 5.74) is 5.66. The van der Waals surface area contributed by atoms with Crippen molar-refractivity contribution in [3.63, 3.8) is 0 Å². The van der Waals surface area contributed by atoms with E-state index in [0.29, 0.717) is 19.6 Å². The van der Waals surface area contributed by atoms with E-state index in [1.165, 1.54) is 13.0 Å². The number of anilines is 1. The SMILES string of the molecule is Cc1c(F)cc(N)cc1S(=O)(=O)NC1CCCOC1. The normalized spacial score (nSPS) is 20.4. The molecular formula is C12H17FN2O3S. The third kappa shape index (κ3) is 3.23. The van der Waals surface area contributed by atoms with E-state index in [1.807, 2.05) is 0 Å².